The number of nitrogens with one attached hydrogen (secondary N) is 2. The first-order valence-electron chi connectivity index (χ1n) is 11.3. The molecule has 1 saturated carbocycles. The molecule has 0 aromatic heterocycles. The van der Waals surface area contributed by atoms with Crippen molar-refractivity contribution in [2.45, 2.75) is 63.6 Å². The highest BCUT2D eigenvalue weighted by atomic mass is 16.3. The molecular formula is C26H34N2O3. The van der Waals surface area contributed by atoms with E-state index in [9.17, 15) is 14.7 Å². The Morgan fingerprint density at radius 1 is 1.00 bits per heavy atom. The fraction of sp³-hybridized carbons (Fsp3) is 0.462. The van der Waals surface area contributed by atoms with Crippen LogP contribution in [-0.2, 0) is 10.4 Å². The van der Waals surface area contributed by atoms with E-state index >= 15 is 0 Å². The van der Waals surface area contributed by atoms with E-state index < -0.39 is 11.6 Å². The number of carbonyl (C=O) groups is 2. The third-order valence-corrected chi connectivity index (χ3v) is 6.44. The fourth-order valence-electron chi connectivity index (χ4n) is 4.71. The number of rotatable bonds is 8. The molecule has 5 nitrogen and oxygen atoms in total. The molecule has 5 heteroatoms. The molecule has 1 fully saturated rings. The minimum atomic E-state index is -1.37. The van der Waals surface area contributed by atoms with Crippen molar-refractivity contribution >= 4 is 12.3 Å². The van der Waals surface area contributed by atoms with Gasteiger partial charge in [0.1, 0.15) is 11.9 Å². The molecule has 3 N–H and O–H groups in total. The highest BCUT2D eigenvalue weighted by Crippen LogP contribution is 2.36. The van der Waals surface area contributed by atoms with Gasteiger partial charge in [-0.3, -0.25) is 0 Å². The quantitative estimate of drug-likeness (QED) is 0.552. The Bertz CT molecular complexity index is 791. The summed E-state index contributed by atoms with van der Waals surface area (Å²) in [6, 6.07) is 18.3. The number of aliphatic hydroxyl groups is 1. The Balaban J connectivity index is 1.79. The SMILES string of the molecule is CC(C)[C@@H](NC(=O)N[C@H]1CC[C@H](CC=O)CC1)C(O)(c1ccccc1)c1ccccc1. The first-order chi connectivity index (χ1) is 14.9. The first-order valence-corrected chi connectivity index (χ1v) is 11.3. The summed E-state index contributed by atoms with van der Waals surface area (Å²) in [5.74, 6) is 0.419. The Kier molecular flexibility index (Phi) is 7.85. The van der Waals surface area contributed by atoms with Gasteiger partial charge in [-0.25, -0.2) is 4.79 Å². The van der Waals surface area contributed by atoms with Gasteiger partial charge < -0.3 is 20.5 Å². The number of amides is 2. The monoisotopic (exact) mass is 422 g/mol. The fourth-order valence-corrected chi connectivity index (χ4v) is 4.71. The van der Waals surface area contributed by atoms with Crippen LogP contribution in [0, 0.1) is 11.8 Å². The molecule has 0 aliphatic heterocycles. The summed E-state index contributed by atoms with van der Waals surface area (Å²) in [6.45, 7) is 4.01. The summed E-state index contributed by atoms with van der Waals surface area (Å²) in [5, 5.41) is 18.2. The molecule has 2 amide bonds. The summed E-state index contributed by atoms with van der Waals surface area (Å²) in [5.41, 5.74) is 0.125. The molecule has 3 rings (SSSR count). The van der Waals surface area contributed by atoms with Crippen LogP contribution in [-0.4, -0.2) is 29.5 Å². The Hall–Kier alpha value is -2.66. The van der Waals surface area contributed by atoms with Crippen LogP contribution in [0.2, 0.25) is 0 Å². The first kappa shape index (κ1) is 23.0. The molecule has 0 heterocycles. The molecule has 1 aliphatic rings. The van der Waals surface area contributed by atoms with Crippen LogP contribution < -0.4 is 10.6 Å². The van der Waals surface area contributed by atoms with Crippen molar-refractivity contribution in [3.63, 3.8) is 0 Å². The number of hydrogen-bond acceptors (Lipinski definition) is 3. The molecule has 0 spiro atoms. The van der Waals surface area contributed by atoms with Gasteiger partial charge in [-0.05, 0) is 48.6 Å². The maximum atomic E-state index is 13.0. The average Bonchev–Trinajstić information content (AvgIpc) is 2.79. The lowest BCUT2D eigenvalue weighted by molar-refractivity contribution is -0.108. The molecule has 0 radical (unpaired) electrons. The molecule has 2 aromatic rings. The Labute approximate surface area is 185 Å². The predicted octanol–water partition coefficient (Wildman–Crippen LogP) is 4.39. The van der Waals surface area contributed by atoms with Crippen LogP contribution in [0.5, 0.6) is 0 Å². The molecule has 1 aliphatic carbocycles. The number of urea groups is 1. The van der Waals surface area contributed by atoms with Crippen LogP contribution in [0.3, 0.4) is 0 Å². The van der Waals surface area contributed by atoms with Crippen LogP contribution >= 0.6 is 0 Å². The van der Waals surface area contributed by atoms with Crippen molar-refractivity contribution in [3.8, 4) is 0 Å². The second kappa shape index (κ2) is 10.6. The second-order valence-electron chi connectivity index (χ2n) is 8.96. The van der Waals surface area contributed by atoms with Crippen molar-refractivity contribution in [1.82, 2.24) is 10.6 Å². The van der Waals surface area contributed by atoms with E-state index in [2.05, 4.69) is 10.6 Å². The van der Waals surface area contributed by atoms with E-state index in [1.165, 1.54) is 0 Å². The van der Waals surface area contributed by atoms with E-state index in [0.29, 0.717) is 12.3 Å². The Morgan fingerprint density at radius 2 is 1.52 bits per heavy atom. The number of aldehydes is 1. The molecule has 0 bridgehead atoms. The van der Waals surface area contributed by atoms with Gasteiger partial charge in [-0.2, -0.15) is 0 Å². The third kappa shape index (κ3) is 5.53. The second-order valence-corrected chi connectivity index (χ2v) is 8.96. The van der Waals surface area contributed by atoms with Crippen LogP contribution in [0.25, 0.3) is 0 Å². The maximum absolute atomic E-state index is 13.0. The van der Waals surface area contributed by atoms with Crippen LogP contribution in [0.4, 0.5) is 4.79 Å². The molecule has 166 valence electrons. The molecule has 0 unspecified atom stereocenters. The summed E-state index contributed by atoms with van der Waals surface area (Å²) >= 11 is 0. The molecule has 31 heavy (non-hydrogen) atoms. The zero-order chi connectivity index (χ0) is 22.3. The normalized spacial score (nSPS) is 20.1. The van der Waals surface area contributed by atoms with Crippen molar-refractivity contribution in [2.24, 2.45) is 11.8 Å². The summed E-state index contributed by atoms with van der Waals surface area (Å²) in [6.07, 6.45) is 5.26. The van der Waals surface area contributed by atoms with Gasteiger partial charge >= 0.3 is 6.03 Å². The van der Waals surface area contributed by atoms with Crippen molar-refractivity contribution in [3.05, 3.63) is 71.8 Å². The van der Waals surface area contributed by atoms with Crippen LogP contribution in [0.1, 0.15) is 57.1 Å². The summed E-state index contributed by atoms with van der Waals surface area (Å²) < 4.78 is 0. The lowest BCUT2D eigenvalue weighted by Crippen LogP contribution is -2.57. The topological polar surface area (TPSA) is 78.4 Å². The minimum absolute atomic E-state index is 0.0144. The summed E-state index contributed by atoms with van der Waals surface area (Å²) in [4.78, 5) is 23.7. The van der Waals surface area contributed by atoms with E-state index in [0.717, 1.165) is 43.1 Å². The van der Waals surface area contributed by atoms with E-state index in [1.54, 1.807) is 0 Å². The van der Waals surface area contributed by atoms with Gasteiger partial charge in [0.25, 0.3) is 0 Å². The van der Waals surface area contributed by atoms with Gasteiger partial charge in [0.15, 0.2) is 0 Å². The Morgan fingerprint density at radius 3 is 1.97 bits per heavy atom. The van der Waals surface area contributed by atoms with Gasteiger partial charge in [0.2, 0.25) is 0 Å². The third-order valence-electron chi connectivity index (χ3n) is 6.44. The molecular weight excluding hydrogens is 388 g/mol. The standard InChI is InChI=1S/C26H34N2O3/c1-19(2)24(28-25(30)27-23-15-13-20(14-16-23)17-18-29)26(31,21-9-5-3-6-10-21)22-11-7-4-8-12-22/h3-12,18-20,23-24,31H,13-17H2,1-2H3,(H2,27,28,30)/t20-,23-,24-/m1/s1. The zero-order valence-electron chi connectivity index (χ0n) is 18.5. The van der Waals surface area contributed by atoms with E-state index in [-0.39, 0.29) is 18.0 Å². The molecule has 0 saturated heterocycles. The summed E-state index contributed by atoms with van der Waals surface area (Å²) in [7, 11) is 0. The van der Waals surface area contributed by atoms with Gasteiger partial charge in [0.05, 0.1) is 6.04 Å². The molecule has 1 atom stereocenters. The number of benzene rings is 2. The predicted molar refractivity (Wildman–Crippen MR) is 123 cm³/mol. The van der Waals surface area contributed by atoms with Crippen molar-refractivity contribution in [1.29, 1.82) is 0 Å². The molecule has 2 aromatic carbocycles. The van der Waals surface area contributed by atoms with Gasteiger partial charge in [-0.15, -0.1) is 0 Å². The smallest absolute Gasteiger partial charge is 0.315 e. The van der Waals surface area contributed by atoms with Crippen molar-refractivity contribution in [2.75, 3.05) is 0 Å². The van der Waals surface area contributed by atoms with Crippen LogP contribution in [0.15, 0.2) is 60.7 Å². The highest BCUT2D eigenvalue weighted by molar-refractivity contribution is 5.75. The zero-order valence-corrected chi connectivity index (χ0v) is 18.5. The number of hydrogen-bond donors (Lipinski definition) is 3. The van der Waals surface area contributed by atoms with E-state index in [1.807, 2.05) is 74.5 Å². The lowest BCUT2D eigenvalue weighted by atomic mass is 9.76. The van der Waals surface area contributed by atoms with Gasteiger partial charge in [0, 0.05) is 12.5 Å². The largest absolute Gasteiger partial charge is 0.378 e. The average molecular weight is 423 g/mol. The maximum Gasteiger partial charge on any atom is 0.315 e. The lowest BCUT2D eigenvalue weighted by Gasteiger charge is -2.40. The highest BCUT2D eigenvalue weighted by Gasteiger charge is 2.43. The van der Waals surface area contributed by atoms with Gasteiger partial charge in [-0.1, -0.05) is 74.5 Å². The van der Waals surface area contributed by atoms with Crippen molar-refractivity contribution < 1.29 is 14.7 Å². The minimum Gasteiger partial charge on any atom is -0.378 e. The van der Waals surface area contributed by atoms with E-state index in [4.69, 9.17) is 0 Å². The number of carbonyl (C=O) groups excluding carboxylic acids is 2.